The van der Waals surface area contributed by atoms with Crippen LogP contribution in [-0.4, -0.2) is 17.6 Å². The molecule has 2 N–H and O–H groups in total. The van der Waals surface area contributed by atoms with Gasteiger partial charge in [-0.3, -0.25) is 4.98 Å². The predicted molar refractivity (Wildman–Crippen MR) is 68.3 cm³/mol. The molecule has 1 aromatic heterocycles. The minimum Gasteiger partial charge on any atom is -0.408 e. The van der Waals surface area contributed by atoms with Crippen LogP contribution in [0.5, 0.6) is 0 Å². The second-order valence-corrected chi connectivity index (χ2v) is 4.40. The normalized spacial score (nSPS) is 13.1. The third-order valence-electron chi connectivity index (χ3n) is 2.77. The number of hydrogen-bond acceptors (Lipinski definition) is 3. The maximum Gasteiger partial charge on any atom is 0.417 e. The molecular formula is C13H18N2O2. The number of rotatable bonds is 5. The Morgan fingerprint density at radius 2 is 2.29 bits per heavy atom. The average molecular weight is 234 g/mol. The number of fused-ring (bicyclic) bond motifs is 1. The minimum atomic E-state index is -0.394. The molecule has 0 saturated heterocycles. The second kappa shape index (κ2) is 5.19. The van der Waals surface area contributed by atoms with E-state index in [9.17, 15) is 4.79 Å². The van der Waals surface area contributed by atoms with Gasteiger partial charge >= 0.3 is 5.76 Å². The number of oxazole rings is 1. The first-order valence-corrected chi connectivity index (χ1v) is 6.04. The van der Waals surface area contributed by atoms with Crippen LogP contribution in [0.25, 0.3) is 11.1 Å². The number of nitrogens with one attached hydrogen (secondary N) is 2. The molecule has 2 aromatic rings. The van der Waals surface area contributed by atoms with Gasteiger partial charge in [0, 0.05) is 6.04 Å². The molecule has 0 spiro atoms. The summed E-state index contributed by atoms with van der Waals surface area (Å²) in [6, 6.07) is 6.27. The lowest BCUT2D eigenvalue weighted by molar-refractivity contribution is 0.541. The zero-order valence-electron chi connectivity index (χ0n) is 10.2. The van der Waals surface area contributed by atoms with Gasteiger partial charge < -0.3 is 9.73 Å². The van der Waals surface area contributed by atoms with Gasteiger partial charge in [0.05, 0.1) is 5.52 Å². The summed E-state index contributed by atoms with van der Waals surface area (Å²) in [6.45, 7) is 5.34. The molecule has 2 rings (SSSR count). The highest BCUT2D eigenvalue weighted by molar-refractivity contribution is 5.72. The quantitative estimate of drug-likeness (QED) is 0.832. The molecule has 92 valence electrons. The lowest BCUT2D eigenvalue weighted by Crippen LogP contribution is -2.28. The van der Waals surface area contributed by atoms with Crippen molar-refractivity contribution in [3.63, 3.8) is 0 Å². The maximum atomic E-state index is 11.0. The summed E-state index contributed by atoms with van der Waals surface area (Å²) in [6.07, 6.45) is 2.07. The van der Waals surface area contributed by atoms with Crippen LogP contribution >= 0.6 is 0 Å². The van der Waals surface area contributed by atoms with Crippen LogP contribution in [-0.2, 0) is 6.42 Å². The molecule has 0 fully saturated rings. The topological polar surface area (TPSA) is 58.0 Å². The van der Waals surface area contributed by atoms with Gasteiger partial charge in [-0.15, -0.1) is 0 Å². The Bertz CT molecular complexity index is 542. The van der Waals surface area contributed by atoms with Crippen LogP contribution < -0.4 is 11.1 Å². The number of benzene rings is 1. The van der Waals surface area contributed by atoms with Crippen LogP contribution in [0.15, 0.2) is 27.4 Å². The summed E-state index contributed by atoms with van der Waals surface area (Å²) >= 11 is 0. The lowest BCUT2D eigenvalue weighted by atomic mass is 10.1. The molecule has 0 aliphatic rings. The Hall–Kier alpha value is -1.55. The van der Waals surface area contributed by atoms with E-state index in [2.05, 4.69) is 24.1 Å². The fourth-order valence-electron chi connectivity index (χ4n) is 1.93. The largest absolute Gasteiger partial charge is 0.417 e. The Labute approximate surface area is 100 Å². The highest BCUT2D eigenvalue weighted by Gasteiger charge is 2.05. The first-order chi connectivity index (χ1) is 8.19. The molecule has 1 aromatic carbocycles. The van der Waals surface area contributed by atoms with E-state index in [1.165, 1.54) is 5.56 Å². The summed E-state index contributed by atoms with van der Waals surface area (Å²) < 4.78 is 5.04. The van der Waals surface area contributed by atoms with Crippen molar-refractivity contribution in [2.24, 2.45) is 0 Å². The molecule has 4 nitrogen and oxygen atoms in total. The van der Waals surface area contributed by atoms with Gasteiger partial charge in [-0.05, 0) is 44.0 Å². The molecule has 0 saturated carbocycles. The van der Waals surface area contributed by atoms with E-state index >= 15 is 0 Å². The van der Waals surface area contributed by atoms with E-state index in [4.69, 9.17) is 4.42 Å². The van der Waals surface area contributed by atoms with Crippen molar-refractivity contribution in [3.8, 4) is 0 Å². The van der Waals surface area contributed by atoms with E-state index in [-0.39, 0.29) is 0 Å². The summed E-state index contributed by atoms with van der Waals surface area (Å²) in [5.74, 6) is -0.394. The standard InChI is InChI=1S/C13H18N2O2/c1-3-6-14-9(2)7-10-4-5-11-12(8-10)17-13(16)15-11/h4-5,8-9,14H,3,6-7H2,1-2H3,(H,15,16). The van der Waals surface area contributed by atoms with Crippen LogP contribution in [0.3, 0.4) is 0 Å². The smallest absolute Gasteiger partial charge is 0.408 e. The third-order valence-corrected chi connectivity index (χ3v) is 2.77. The molecular weight excluding hydrogens is 216 g/mol. The Balaban J connectivity index is 2.10. The maximum absolute atomic E-state index is 11.0. The molecule has 1 atom stereocenters. The van der Waals surface area contributed by atoms with E-state index in [1.54, 1.807) is 0 Å². The SMILES string of the molecule is CCCNC(C)Cc1ccc2[nH]c(=O)oc2c1. The van der Waals surface area contributed by atoms with Crippen molar-refractivity contribution in [2.75, 3.05) is 6.54 Å². The summed E-state index contributed by atoms with van der Waals surface area (Å²) in [7, 11) is 0. The van der Waals surface area contributed by atoms with Gasteiger partial charge in [-0.1, -0.05) is 13.0 Å². The molecule has 0 bridgehead atoms. The molecule has 1 unspecified atom stereocenters. The van der Waals surface area contributed by atoms with E-state index in [0.717, 1.165) is 24.9 Å². The number of hydrogen-bond donors (Lipinski definition) is 2. The minimum absolute atomic E-state index is 0.394. The van der Waals surface area contributed by atoms with Crippen molar-refractivity contribution < 1.29 is 4.42 Å². The van der Waals surface area contributed by atoms with Gasteiger partial charge in [0.2, 0.25) is 0 Å². The monoisotopic (exact) mass is 234 g/mol. The summed E-state index contributed by atoms with van der Waals surface area (Å²) in [4.78, 5) is 13.7. The van der Waals surface area contributed by atoms with Gasteiger partial charge in [0.25, 0.3) is 0 Å². The first kappa shape index (κ1) is 11.9. The zero-order chi connectivity index (χ0) is 12.3. The van der Waals surface area contributed by atoms with Crippen LogP contribution in [0.1, 0.15) is 25.8 Å². The second-order valence-electron chi connectivity index (χ2n) is 4.40. The fourth-order valence-corrected chi connectivity index (χ4v) is 1.93. The van der Waals surface area contributed by atoms with E-state index in [0.29, 0.717) is 11.6 Å². The van der Waals surface area contributed by atoms with Crippen molar-refractivity contribution in [1.82, 2.24) is 10.3 Å². The van der Waals surface area contributed by atoms with Gasteiger partial charge in [-0.25, -0.2) is 4.79 Å². The van der Waals surface area contributed by atoms with Crippen molar-refractivity contribution >= 4 is 11.1 Å². The Kier molecular flexibility index (Phi) is 3.64. The number of H-pyrrole nitrogens is 1. The lowest BCUT2D eigenvalue weighted by Gasteiger charge is -2.12. The third kappa shape index (κ3) is 2.97. The van der Waals surface area contributed by atoms with Gasteiger partial charge in [0.1, 0.15) is 0 Å². The molecule has 0 aliphatic carbocycles. The Morgan fingerprint density at radius 1 is 1.47 bits per heavy atom. The number of aromatic nitrogens is 1. The molecule has 1 heterocycles. The van der Waals surface area contributed by atoms with Crippen LogP contribution in [0, 0.1) is 0 Å². The van der Waals surface area contributed by atoms with Crippen molar-refractivity contribution in [3.05, 3.63) is 34.3 Å². The van der Waals surface area contributed by atoms with Crippen LogP contribution in [0.4, 0.5) is 0 Å². The Morgan fingerprint density at radius 3 is 3.06 bits per heavy atom. The zero-order valence-corrected chi connectivity index (χ0v) is 10.2. The van der Waals surface area contributed by atoms with Crippen LogP contribution in [0.2, 0.25) is 0 Å². The van der Waals surface area contributed by atoms with E-state index in [1.807, 2.05) is 18.2 Å². The first-order valence-electron chi connectivity index (χ1n) is 6.04. The predicted octanol–water partition coefficient (Wildman–Crippen LogP) is 2.05. The molecule has 0 aliphatic heterocycles. The fraction of sp³-hybridized carbons (Fsp3) is 0.462. The average Bonchev–Trinajstić information content (AvgIpc) is 2.65. The molecule has 17 heavy (non-hydrogen) atoms. The highest BCUT2D eigenvalue weighted by atomic mass is 16.4. The highest BCUT2D eigenvalue weighted by Crippen LogP contribution is 2.13. The molecule has 0 radical (unpaired) electrons. The summed E-state index contributed by atoms with van der Waals surface area (Å²) in [5.41, 5.74) is 2.57. The molecule has 4 heteroatoms. The molecule has 0 amide bonds. The van der Waals surface area contributed by atoms with Gasteiger partial charge in [0.15, 0.2) is 5.58 Å². The van der Waals surface area contributed by atoms with Crippen molar-refractivity contribution in [1.29, 1.82) is 0 Å². The van der Waals surface area contributed by atoms with Crippen molar-refractivity contribution in [2.45, 2.75) is 32.7 Å². The van der Waals surface area contributed by atoms with E-state index < -0.39 is 5.76 Å². The summed E-state index contributed by atoms with van der Waals surface area (Å²) in [5, 5.41) is 3.43. The number of aromatic amines is 1. The van der Waals surface area contributed by atoms with Gasteiger partial charge in [-0.2, -0.15) is 0 Å².